The maximum absolute atomic E-state index is 12.6. The summed E-state index contributed by atoms with van der Waals surface area (Å²) in [4.78, 5) is 31.0. The molecule has 8 heteroatoms. The smallest absolute Gasteiger partial charge is 0.426 e. The summed E-state index contributed by atoms with van der Waals surface area (Å²) >= 11 is 0. The third-order valence-electron chi connectivity index (χ3n) is 2.06. The van der Waals surface area contributed by atoms with Crippen LogP contribution in [0.3, 0.4) is 0 Å². The summed E-state index contributed by atoms with van der Waals surface area (Å²) in [5.74, 6) is -2.24. The predicted octanol–water partition coefficient (Wildman–Crippen LogP) is 2.92. The van der Waals surface area contributed by atoms with Crippen LogP contribution in [0.25, 0.3) is 0 Å². The molecule has 1 unspecified atom stereocenters. The molecule has 0 aliphatic carbocycles. The summed E-state index contributed by atoms with van der Waals surface area (Å²) in [5, 5.41) is 0. The van der Waals surface area contributed by atoms with Crippen LogP contribution in [0, 0.1) is 0 Å². The average Bonchev–Trinajstić information content (AvgIpc) is 2.31. The lowest BCUT2D eigenvalue weighted by atomic mass is 10.2. The first-order valence-corrected chi connectivity index (χ1v) is 6.29. The molecule has 0 aliphatic heterocycles. The molecule has 0 spiro atoms. The number of hydrogen-bond donors (Lipinski definition) is 0. The minimum Gasteiger partial charge on any atom is -0.452 e. The molecule has 0 rings (SSSR count). The van der Waals surface area contributed by atoms with Crippen LogP contribution in [-0.2, 0) is 24.1 Å². The number of unbranched alkanes of at least 4 members (excludes halogenated alkanes) is 1. The zero-order valence-electron chi connectivity index (χ0n) is 11.7. The Labute approximate surface area is 115 Å². The van der Waals surface area contributed by atoms with Crippen molar-refractivity contribution in [2.75, 3.05) is 0 Å². The molecule has 0 saturated heterocycles. The molecule has 0 fully saturated rings. The van der Waals surface area contributed by atoms with Crippen molar-refractivity contribution in [2.24, 2.45) is 0 Å². The van der Waals surface area contributed by atoms with E-state index in [0.29, 0.717) is 12.8 Å². The Morgan fingerprint density at radius 3 is 2.20 bits per heavy atom. The number of ether oxygens (including phenoxy) is 1. The molecule has 0 aromatic heterocycles. The van der Waals surface area contributed by atoms with Crippen molar-refractivity contribution in [1.82, 2.24) is 0 Å². The number of alkyl halides is 3. The van der Waals surface area contributed by atoms with Crippen LogP contribution < -0.4 is 0 Å². The van der Waals surface area contributed by atoms with Crippen molar-refractivity contribution >= 4 is 11.9 Å². The number of carbonyl (C=O) groups excluding carboxylic acids is 2. The van der Waals surface area contributed by atoms with Crippen molar-refractivity contribution in [3.63, 3.8) is 0 Å². The van der Waals surface area contributed by atoms with Gasteiger partial charge in [0.1, 0.15) is 0 Å². The van der Waals surface area contributed by atoms with Crippen molar-refractivity contribution in [3.8, 4) is 0 Å². The van der Waals surface area contributed by atoms with Gasteiger partial charge in [-0.1, -0.05) is 13.3 Å². The highest BCUT2D eigenvalue weighted by molar-refractivity contribution is 5.72. The summed E-state index contributed by atoms with van der Waals surface area (Å²) in [6.45, 7) is 4.87. The molecule has 0 aromatic carbocycles. The van der Waals surface area contributed by atoms with Crippen LogP contribution in [-0.4, -0.2) is 30.3 Å². The van der Waals surface area contributed by atoms with Gasteiger partial charge < -0.3 is 4.74 Å². The van der Waals surface area contributed by atoms with Gasteiger partial charge >= 0.3 is 18.1 Å². The number of rotatable bonds is 8. The summed E-state index contributed by atoms with van der Waals surface area (Å²) in [6.07, 6.45) is -8.01. The lowest BCUT2D eigenvalue weighted by Gasteiger charge is -2.19. The van der Waals surface area contributed by atoms with Gasteiger partial charge in [-0.2, -0.15) is 18.1 Å². The van der Waals surface area contributed by atoms with E-state index < -0.39 is 36.7 Å². The van der Waals surface area contributed by atoms with E-state index in [1.54, 1.807) is 20.8 Å². The molecule has 0 aromatic rings. The second kappa shape index (κ2) is 8.78. The number of hydrogen-bond acceptors (Lipinski definition) is 5. The normalized spacial score (nSPS) is 13.2. The molecular weight excluding hydrogens is 281 g/mol. The van der Waals surface area contributed by atoms with Gasteiger partial charge in [0.15, 0.2) is 0 Å². The van der Waals surface area contributed by atoms with E-state index in [0.717, 1.165) is 0 Å². The van der Waals surface area contributed by atoms with E-state index in [9.17, 15) is 22.8 Å². The molecule has 0 radical (unpaired) electrons. The van der Waals surface area contributed by atoms with Gasteiger partial charge in [-0.3, -0.25) is 9.68 Å². The fraction of sp³-hybridized carbons (Fsp3) is 0.833. The highest BCUT2D eigenvalue weighted by Gasteiger charge is 2.44. The first-order chi connectivity index (χ1) is 9.16. The Bertz CT molecular complexity index is 315. The Morgan fingerprint density at radius 2 is 1.75 bits per heavy atom. The summed E-state index contributed by atoms with van der Waals surface area (Å²) in [5.41, 5.74) is 0. The lowest BCUT2D eigenvalue weighted by molar-refractivity contribution is -0.296. The van der Waals surface area contributed by atoms with E-state index in [4.69, 9.17) is 0 Å². The number of carbonyl (C=O) groups is 2. The molecule has 20 heavy (non-hydrogen) atoms. The van der Waals surface area contributed by atoms with Crippen LogP contribution >= 0.6 is 0 Å². The molecule has 0 aliphatic rings. The first-order valence-electron chi connectivity index (χ1n) is 6.29. The van der Waals surface area contributed by atoms with Gasteiger partial charge in [0.25, 0.3) is 0 Å². The van der Waals surface area contributed by atoms with Gasteiger partial charge in [-0.15, -0.1) is 0 Å². The maximum atomic E-state index is 12.6. The van der Waals surface area contributed by atoms with Crippen molar-refractivity contribution < 1.29 is 37.3 Å². The van der Waals surface area contributed by atoms with Crippen molar-refractivity contribution in [1.29, 1.82) is 0 Å². The first kappa shape index (κ1) is 18.7. The molecule has 5 nitrogen and oxygen atoms in total. The van der Waals surface area contributed by atoms with Gasteiger partial charge in [-0.05, 0) is 20.3 Å². The molecule has 118 valence electrons. The highest BCUT2D eigenvalue weighted by Crippen LogP contribution is 2.26. The van der Waals surface area contributed by atoms with Gasteiger partial charge in [0.2, 0.25) is 6.10 Å². The zero-order chi connectivity index (χ0) is 15.8. The summed E-state index contributed by atoms with van der Waals surface area (Å²) in [7, 11) is 0. The minimum absolute atomic E-state index is 0.124. The Hall–Kier alpha value is -1.31. The Morgan fingerprint density at radius 1 is 1.15 bits per heavy atom. The van der Waals surface area contributed by atoms with E-state index in [1.807, 2.05) is 0 Å². The number of halogens is 3. The van der Waals surface area contributed by atoms with Crippen LogP contribution in [0.1, 0.15) is 46.5 Å². The second-order valence-electron chi connectivity index (χ2n) is 4.43. The maximum Gasteiger partial charge on any atom is 0.426 e. The van der Waals surface area contributed by atoms with E-state index in [2.05, 4.69) is 14.5 Å². The molecule has 0 N–H and O–H groups in total. The topological polar surface area (TPSA) is 61.8 Å². The van der Waals surface area contributed by atoms with E-state index in [-0.39, 0.29) is 6.42 Å². The summed E-state index contributed by atoms with van der Waals surface area (Å²) in [6, 6.07) is 0. The SMILES string of the molecule is CCCCC(=O)OC(CC(=O)OOC(C)C)C(F)(F)F. The Kier molecular flexibility index (Phi) is 8.21. The van der Waals surface area contributed by atoms with Gasteiger partial charge in [-0.25, -0.2) is 4.79 Å². The highest BCUT2D eigenvalue weighted by atomic mass is 19.4. The largest absolute Gasteiger partial charge is 0.452 e. The zero-order valence-corrected chi connectivity index (χ0v) is 11.7. The third-order valence-corrected chi connectivity index (χ3v) is 2.06. The molecule has 1 atom stereocenters. The Balaban J connectivity index is 4.43. The van der Waals surface area contributed by atoms with Gasteiger partial charge in [0.05, 0.1) is 12.5 Å². The quantitative estimate of drug-likeness (QED) is 0.392. The van der Waals surface area contributed by atoms with Crippen LogP contribution in [0.5, 0.6) is 0 Å². The van der Waals surface area contributed by atoms with Crippen molar-refractivity contribution in [3.05, 3.63) is 0 Å². The van der Waals surface area contributed by atoms with E-state index >= 15 is 0 Å². The standard InChI is InChI=1S/C12H19F3O5/c1-4-5-6-10(16)18-9(12(13,14)15)7-11(17)20-19-8(2)3/h8-9H,4-7H2,1-3H3. The molecular formula is C12H19F3O5. The van der Waals surface area contributed by atoms with E-state index in [1.165, 1.54) is 0 Å². The predicted molar refractivity (Wildman–Crippen MR) is 62.4 cm³/mol. The second-order valence-corrected chi connectivity index (χ2v) is 4.43. The minimum atomic E-state index is -4.83. The average molecular weight is 300 g/mol. The molecule has 0 bridgehead atoms. The summed E-state index contributed by atoms with van der Waals surface area (Å²) < 4.78 is 42.2. The van der Waals surface area contributed by atoms with Crippen LogP contribution in [0.15, 0.2) is 0 Å². The number of esters is 1. The molecule has 0 heterocycles. The molecule has 0 amide bonds. The third kappa shape index (κ3) is 8.73. The fourth-order valence-electron chi connectivity index (χ4n) is 1.10. The molecule has 0 saturated carbocycles. The van der Waals surface area contributed by atoms with Crippen molar-refractivity contribution in [2.45, 2.75) is 64.8 Å². The van der Waals surface area contributed by atoms with Crippen LogP contribution in [0.4, 0.5) is 13.2 Å². The van der Waals surface area contributed by atoms with Crippen LogP contribution in [0.2, 0.25) is 0 Å². The van der Waals surface area contributed by atoms with Gasteiger partial charge in [0, 0.05) is 6.42 Å². The fourth-order valence-corrected chi connectivity index (χ4v) is 1.10. The lowest BCUT2D eigenvalue weighted by Crippen LogP contribution is -2.36. The monoisotopic (exact) mass is 300 g/mol.